The number of carbonyl (C=O) groups excluding carboxylic acids is 1. The third-order valence-corrected chi connectivity index (χ3v) is 5.66. The molecule has 0 bridgehead atoms. The number of nitrogens with zero attached hydrogens (tertiary/aromatic N) is 3. The Balaban J connectivity index is 1.53. The molecule has 0 aliphatic carbocycles. The topological polar surface area (TPSA) is 92.2 Å². The number of carbonyl (C=O) groups is 1. The molecule has 0 unspecified atom stereocenters. The van der Waals surface area contributed by atoms with Crippen LogP contribution < -0.4 is 11.1 Å². The van der Waals surface area contributed by atoms with E-state index in [2.05, 4.69) is 20.3 Å². The molecule has 30 heavy (non-hydrogen) atoms. The van der Waals surface area contributed by atoms with E-state index in [4.69, 9.17) is 17.3 Å². The van der Waals surface area contributed by atoms with Crippen LogP contribution in [0.15, 0.2) is 86.6 Å². The molecule has 0 fully saturated rings. The molecule has 150 valence electrons. The molecule has 3 aromatic rings. The van der Waals surface area contributed by atoms with Crippen molar-refractivity contribution in [3.8, 4) is 0 Å². The lowest BCUT2D eigenvalue weighted by atomic mass is 10.1. The molecule has 0 atom stereocenters. The summed E-state index contributed by atoms with van der Waals surface area (Å²) < 4.78 is 0. The third kappa shape index (κ3) is 5.06. The highest BCUT2D eigenvalue weighted by molar-refractivity contribution is 8.00. The second kappa shape index (κ2) is 9.11. The molecule has 1 heterocycles. The van der Waals surface area contributed by atoms with Crippen LogP contribution in [-0.2, 0) is 4.79 Å². The molecule has 0 spiro atoms. The zero-order valence-electron chi connectivity index (χ0n) is 15.9. The second-order valence-electron chi connectivity index (χ2n) is 6.55. The highest BCUT2D eigenvalue weighted by Crippen LogP contribution is 2.25. The highest BCUT2D eigenvalue weighted by Gasteiger charge is 2.17. The molecule has 4 rings (SSSR count). The van der Waals surface area contributed by atoms with E-state index in [1.807, 2.05) is 66.7 Å². The van der Waals surface area contributed by atoms with Crippen molar-refractivity contribution in [1.29, 1.82) is 0 Å². The lowest BCUT2D eigenvalue weighted by molar-refractivity contribution is -0.118. The number of rotatable bonds is 4. The number of hydrogen-bond acceptors (Lipinski definition) is 3. The normalized spacial score (nSPS) is 15.9. The molecule has 1 amide bonds. The Kier molecular flexibility index (Phi) is 6.11. The fourth-order valence-corrected chi connectivity index (χ4v) is 3.92. The summed E-state index contributed by atoms with van der Waals surface area (Å²) >= 11 is 7.49. The largest absolute Gasteiger partial charge is 0.368 e. The molecule has 8 heteroatoms. The Labute approximate surface area is 183 Å². The fraction of sp³-hybridized carbons (Fsp3) is 0.0909. The van der Waals surface area contributed by atoms with E-state index >= 15 is 0 Å². The lowest BCUT2D eigenvalue weighted by Crippen LogP contribution is -2.37. The van der Waals surface area contributed by atoms with Crippen LogP contribution >= 0.6 is 23.4 Å². The summed E-state index contributed by atoms with van der Waals surface area (Å²) in [4.78, 5) is 26.2. The number of amides is 1. The maximum absolute atomic E-state index is 12.1. The molecule has 3 N–H and O–H groups in total. The van der Waals surface area contributed by atoms with Gasteiger partial charge in [-0.2, -0.15) is 4.99 Å². The van der Waals surface area contributed by atoms with Gasteiger partial charge in [0, 0.05) is 26.8 Å². The molecule has 6 nitrogen and oxygen atoms in total. The average Bonchev–Trinajstić information content (AvgIpc) is 2.73. The van der Waals surface area contributed by atoms with Crippen LogP contribution in [0.5, 0.6) is 0 Å². The predicted molar refractivity (Wildman–Crippen MR) is 125 cm³/mol. The molecule has 1 aliphatic rings. The number of nitrogens with one attached hydrogen (secondary N) is 1. The van der Waals surface area contributed by atoms with E-state index in [0.717, 1.165) is 21.4 Å². The van der Waals surface area contributed by atoms with Crippen LogP contribution in [0, 0.1) is 0 Å². The van der Waals surface area contributed by atoms with Crippen molar-refractivity contribution < 1.29 is 4.79 Å². The fourth-order valence-electron chi connectivity index (χ4n) is 2.97. The summed E-state index contributed by atoms with van der Waals surface area (Å²) in [6, 6.07) is 21.2. The zero-order valence-corrected chi connectivity index (χ0v) is 17.5. The van der Waals surface area contributed by atoms with Gasteiger partial charge in [0.1, 0.15) is 0 Å². The van der Waals surface area contributed by atoms with Gasteiger partial charge in [-0.25, -0.2) is 9.98 Å². The van der Waals surface area contributed by atoms with Gasteiger partial charge in [-0.3, -0.25) is 10.1 Å². The highest BCUT2D eigenvalue weighted by atomic mass is 35.5. The van der Waals surface area contributed by atoms with Crippen molar-refractivity contribution in [2.45, 2.75) is 11.3 Å². The van der Waals surface area contributed by atoms with E-state index in [9.17, 15) is 4.79 Å². The van der Waals surface area contributed by atoms with Gasteiger partial charge in [0.2, 0.25) is 17.8 Å². The number of benzene rings is 3. The summed E-state index contributed by atoms with van der Waals surface area (Å²) in [6.07, 6.45) is 0.222. The van der Waals surface area contributed by atoms with Gasteiger partial charge in [0.05, 0.1) is 12.1 Å². The lowest BCUT2D eigenvalue weighted by Gasteiger charge is -2.14. The first kappa shape index (κ1) is 20.1. The first-order chi connectivity index (χ1) is 14.6. The van der Waals surface area contributed by atoms with Crippen molar-refractivity contribution in [2.75, 3.05) is 5.75 Å². The number of aliphatic imine (C=N–C) groups is 3. The predicted octanol–water partition coefficient (Wildman–Crippen LogP) is 4.55. The summed E-state index contributed by atoms with van der Waals surface area (Å²) in [5, 5.41) is 5.36. The summed E-state index contributed by atoms with van der Waals surface area (Å²) in [6.45, 7) is 0. The molecule has 1 aliphatic heterocycles. The molecule has 0 radical (unpaired) electrons. The Morgan fingerprint density at radius 3 is 2.70 bits per heavy atom. The van der Waals surface area contributed by atoms with Crippen LogP contribution in [0.1, 0.15) is 6.42 Å². The van der Waals surface area contributed by atoms with E-state index in [1.54, 1.807) is 11.8 Å². The molecular formula is C22H18ClN5OS. The Morgan fingerprint density at radius 2 is 1.87 bits per heavy atom. The van der Waals surface area contributed by atoms with Crippen LogP contribution in [0.4, 0.5) is 5.69 Å². The van der Waals surface area contributed by atoms with Gasteiger partial charge in [0.15, 0.2) is 0 Å². The Hall–Kier alpha value is -3.16. The molecular weight excluding hydrogens is 418 g/mol. The molecule has 3 aromatic carbocycles. The smallest absolute Gasteiger partial charge is 0.232 e. The van der Waals surface area contributed by atoms with E-state index in [1.165, 1.54) is 0 Å². The molecule has 0 saturated carbocycles. The maximum Gasteiger partial charge on any atom is 0.232 e. The summed E-state index contributed by atoms with van der Waals surface area (Å²) in [5.41, 5.74) is 7.45. The first-order valence-electron chi connectivity index (χ1n) is 9.22. The van der Waals surface area contributed by atoms with Crippen molar-refractivity contribution in [3.05, 3.63) is 71.8 Å². The van der Waals surface area contributed by atoms with Crippen molar-refractivity contribution in [3.63, 3.8) is 0 Å². The third-order valence-electron chi connectivity index (χ3n) is 4.32. The van der Waals surface area contributed by atoms with Gasteiger partial charge in [0.25, 0.3) is 0 Å². The van der Waals surface area contributed by atoms with E-state index in [0.29, 0.717) is 16.5 Å². The zero-order chi connectivity index (χ0) is 20.9. The summed E-state index contributed by atoms with van der Waals surface area (Å²) in [7, 11) is 0. The van der Waals surface area contributed by atoms with Gasteiger partial charge in [-0.15, -0.1) is 11.8 Å². The van der Waals surface area contributed by atoms with Crippen LogP contribution in [0.3, 0.4) is 0 Å². The number of fused-ring (bicyclic) bond motifs is 1. The van der Waals surface area contributed by atoms with Crippen molar-refractivity contribution in [1.82, 2.24) is 5.32 Å². The monoisotopic (exact) mass is 435 g/mol. The first-order valence-corrected chi connectivity index (χ1v) is 10.6. The van der Waals surface area contributed by atoms with Crippen LogP contribution in [0.25, 0.3) is 10.8 Å². The minimum atomic E-state index is -0.173. The Morgan fingerprint density at radius 1 is 1.10 bits per heavy atom. The number of nitrogens with two attached hydrogens (primary N) is 1. The average molecular weight is 436 g/mol. The number of guanidine groups is 2. The number of thioether (sulfide) groups is 1. The van der Waals surface area contributed by atoms with E-state index in [-0.39, 0.29) is 24.2 Å². The number of hydrogen-bond donors (Lipinski definition) is 2. The van der Waals surface area contributed by atoms with Crippen molar-refractivity contribution >= 4 is 63.4 Å². The Bertz CT molecular complexity index is 1180. The minimum absolute atomic E-state index is 0.0250. The number of halogens is 1. The maximum atomic E-state index is 12.1. The van der Waals surface area contributed by atoms with E-state index < -0.39 is 0 Å². The molecule has 0 saturated heterocycles. The van der Waals surface area contributed by atoms with Gasteiger partial charge in [-0.1, -0.05) is 48.0 Å². The standard InChI is InChI=1S/C22H18ClN5OS/c23-15-8-10-17(11-9-15)30-13-16-12-20(29)27-22(25-16)28-21(24)26-19-7-3-5-14-4-1-2-6-18(14)19/h1-11H,12-13H2,(H3,24,26,27,28,29). The minimum Gasteiger partial charge on any atom is -0.368 e. The van der Waals surface area contributed by atoms with Gasteiger partial charge >= 0.3 is 0 Å². The second-order valence-corrected chi connectivity index (χ2v) is 8.03. The molecule has 0 aromatic heterocycles. The SMILES string of the molecule is NC(=Nc1cccc2ccccc12)N=C1N=C(CSc2ccc(Cl)cc2)CC(=O)N1. The summed E-state index contributed by atoms with van der Waals surface area (Å²) in [5.74, 6) is 0.568. The van der Waals surface area contributed by atoms with Crippen molar-refractivity contribution in [2.24, 2.45) is 20.7 Å². The van der Waals surface area contributed by atoms with Gasteiger partial charge < -0.3 is 5.73 Å². The van der Waals surface area contributed by atoms with Crippen LogP contribution in [0.2, 0.25) is 5.02 Å². The quantitative estimate of drug-likeness (QED) is 0.357. The van der Waals surface area contributed by atoms with Crippen LogP contribution in [-0.4, -0.2) is 29.3 Å². The van der Waals surface area contributed by atoms with Gasteiger partial charge in [-0.05, 0) is 35.7 Å².